The fourth-order valence-electron chi connectivity index (χ4n) is 2.39. The lowest BCUT2D eigenvalue weighted by atomic mass is 9.96. The molecule has 3 N–H and O–H groups in total. The maximum absolute atomic E-state index is 11.5. The maximum atomic E-state index is 11.5. The van der Waals surface area contributed by atoms with Gasteiger partial charge in [0, 0.05) is 19.6 Å². The number of hydrogen-bond donors (Lipinski definition) is 2. The van der Waals surface area contributed by atoms with Gasteiger partial charge in [-0.1, -0.05) is 6.92 Å². The Bertz CT molecular complexity index is 272. The molecule has 1 saturated heterocycles. The van der Waals surface area contributed by atoms with E-state index in [2.05, 4.69) is 22.2 Å². The number of nitrogens with two attached hydrogens (primary N) is 1. The highest BCUT2D eigenvalue weighted by Crippen LogP contribution is 2.11. The first-order valence-corrected chi connectivity index (χ1v) is 6.94. The minimum absolute atomic E-state index is 0.253. The number of carbonyl (C=O) groups excluding carboxylic acids is 1. The van der Waals surface area contributed by atoms with Gasteiger partial charge in [0.2, 0.25) is 5.91 Å². The van der Waals surface area contributed by atoms with Gasteiger partial charge < -0.3 is 20.9 Å². The van der Waals surface area contributed by atoms with Crippen LogP contribution in [0.5, 0.6) is 0 Å². The summed E-state index contributed by atoms with van der Waals surface area (Å²) in [6, 6.07) is 0. The van der Waals surface area contributed by atoms with Crippen LogP contribution in [-0.4, -0.2) is 67.6 Å². The SMILES string of the molecule is CCNC(C)(CCN1CCCN(C)CC1)C(N)=O. The monoisotopic (exact) mass is 256 g/mol. The summed E-state index contributed by atoms with van der Waals surface area (Å²) in [5.74, 6) is -0.253. The van der Waals surface area contributed by atoms with E-state index in [-0.39, 0.29) is 5.91 Å². The van der Waals surface area contributed by atoms with Crippen LogP contribution in [0.3, 0.4) is 0 Å². The van der Waals surface area contributed by atoms with E-state index in [1.165, 1.54) is 6.42 Å². The molecule has 1 amide bonds. The van der Waals surface area contributed by atoms with Crippen LogP contribution in [0.2, 0.25) is 0 Å². The molecule has 18 heavy (non-hydrogen) atoms. The first-order valence-electron chi connectivity index (χ1n) is 6.94. The molecule has 1 rings (SSSR count). The minimum Gasteiger partial charge on any atom is -0.368 e. The zero-order chi connectivity index (χ0) is 13.6. The van der Waals surface area contributed by atoms with Crippen molar-refractivity contribution in [3.63, 3.8) is 0 Å². The second-order valence-corrected chi connectivity index (χ2v) is 5.48. The molecule has 0 aromatic carbocycles. The summed E-state index contributed by atoms with van der Waals surface area (Å²) < 4.78 is 0. The zero-order valence-corrected chi connectivity index (χ0v) is 12.0. The second kappa shape index (κ2) is 7.07. The van der Waals surface area contributed by atoms with E-state index in [0.717, 1.165) is 45.7 Å². The molecule has 1 heterocycles. The Hall–Kier alpha value is -0.650. The highest BCUT2D eigenvalue weighted by molar-refractivity contribution is 5.84. The summed E-state index contributed by atoms with van der Waals surface area (Å²) in [5.41, 5.74) is 4.92. The lowest BCUT2D eigenvalue weighted by Gasteiger charge is -2.30. The Balaban J connectivity index is 2.44. The van der Waals surface area contributed by atoms with Crippen LogP contribution >= 0.6 is 0 Å². The summed E-state index contributed by atoms with van der Waals surface area (Å²) in [4.78, 5) is 16.3. The lowest BCUT2D eigenvalue weighted by molar-refractivity contribution is -0.124. The van der Waals surface area contributed by atoms with Crippen LogP contribution in [0.4, 0.5) is 0 Å². The number of nitrogens with zero attached hydrogens (tertiary/aromatic N) is 2. The first kappa shape index (κ1) is 15.4. The molecule has 5 heteroatoms. The molecule has 1 unspecified atom stereocenters. The summed E-state index contributed by atoms with van der Waals surface area (Å²) in [7, 11) is 2.16. The van der Waals surface area contributed by atoms with Gasteiger partial charge in [0.15, 0.2) is 0 Å². The number of amides is 1. The molecule has 1 fully saturated rings. The van der Waals surface area contributed by atoms with Crippen molar-refractivity contribution in [3.8, 4) is 0 Å². The van der Waals surface area contributed by atoms with E-state index in [0.29, 0.717) is 0 Å². The Morgan fingerprint density at radius 3 is 2.67 bits per heavy atom. The third kappa shape index (κ3) is 4.55. The van der Waals surface area contributed by atoms with Gasteiger partial charge in [0.05, 0.1) is 5.54 Å². The quantitative estimate of drug-likeness (QED) is 0.695. The number of rotatable bonds is 6. The first-order chi connectivity index (χ1) is 8.48. The van der Waals surface area contributed by atoms with E-state index in [1.807, 2.05) is 13.8 Å². The largest absolute Gasteiger partial charge is 0.368 e. The summed E-state index contributed by atoms with van der Waals surface area (Å²) in [6.45, 7) is 10.1. The Kier molecular flexibility index (Phi) is 6.05. The van der Waals surface area contributed by atoms with Crippen LogP contribution < -0.4 is 11.1 Å². The molecular weight excluding hydrogens is 228 g/mol. The predicted molar refractivity (Wildman–Crippen MR) is 74.4 cm³/mol. The van der Waals surface area contributed by atoms with Gasteiger partial charge >= 0.3 is 0 Å². The van der Waals surface area contributed by atoms with Gasteiger partial charge in [-0.3, -0.25) is 4.79 Å². The molecule has 1 aliphatic heterocycles. The van der Waals surface area contributed by atoms with E-state index in [1.54, 1.807) is 0 Å². The van der Waals surface area contributed by atoms with Crippen molar-refractivity contribution in [3.05, 3.63) is 0 Å². The molecule has 5 nitrogen and oxygen atoms in total. The van der Waals surface area contributed by atoms with Crippen molar-refractivity contribution in [1.29, 1.82) is 0 Å². The molecule has 0 saturated carbocycles. The molecule has 0 aliphatic carbocycles. The van der Waals surface area contributed by atoms with Crippen LogP contribution in [-0.2, 0) is 4.79 Å². The molecule has 1 atom stereocenters. The van der Waals surface area contributed by atoms with Crippen molar-refractivity contribution in [1.82, 2.24) is 15.1 Å². The van der Waals surface area contributed by atoms with Crippen LogP contribution in [0.1, 0.15) is 26.7 Å². The van der Waals surface area contributed by atoms with Crippen LogP contribution in [0.25, 0.3) is 0 Å². The third-order valence-corrected chi connectivity index (χ3v) is 3.85. The van der Waals surface area contributed by atoms with Crippen molar-refractivity contribution in [2.45, 2.75) is 32.2 Å². The fourth-order valence-corrected chi connectivity index (χ4v) is 2.39. The van der Waals surface area contributed by atoms with Gasteiger partial charge in [0.1, 0.15) is 0 Å². The maximum Gasteiger partial charge on any atom is 0.237 e. The van der Waals surface area contributed by atoms with Gasteiger partial charge in [-0.25, -0.2) is 0 Å². The highest BCUT2D eigenvalue weighted by atomic mass is 16.1. The summed E-state index contributed by atoms with van der Waals surface area (Å²) >= 11 is 0. The average Bonchev–Trinajstić information content (AvgIpc) is 2.52. The van der Waals surface area contributed by atoms with Crippen molar-refractivity contribution < 1.29 is 4.79 Å². The Morgan fingerprint density at radius 1 is 1.33 bits per heavy atom. The summed E-state index contributed by atoms with van der Waals surface area (Å²) in [6.07, 6.45) is 1.98. The van der Waals surface area contributed by atoms with Gasteiger partial charge in [0.25, 0.3) is 0 Å². The molecular formula is C13H28N4O. The van der Waals surface area contributed by atoms with Gasteiger partial charge in [-0.05, 0) is 46.4 Å². The molecule has 106 valence electrons. The smallest absolute Gasteiger partial charge is 0.237 e. The standard InChI is InChI=1S/C13H28N4O/c1-4-15-13(2,12(14)18)6-9-17-8-5-7-16(3)10-11-17/h15H,4-11H2,1-3H3,(H2,14,18). The van der Waals surface area contributed by atoms with Crippen LogP contribution in [0, 0.1) is 0 Å². The normalized spacial score (nSPS) is 22.4. The van der Waals surface area contributed by atoms with Gasteiger partial charge in [-0.15, -0.1) is 0 Å². The number of primary amides is 1. The minimum atomic E-state index is -0.576. The topological polar surface area (TPSA) is 61.6 Å². The molecule has 0 radical (unpaired) electrons. The Morgan fingerprint density at radius 2 is 2.06 bits per heavy atom. The van der Waals surface area contributed by atoms with E-state index < -0.39 is 5.54 Å². The molecule has 0 aromatic rings. The van der Waals surface area contributed by atoms with Gasteiger partial charge in [-0.2, -0.15) is 0 Å². The fraction of sp³-hybridized carbons (Fsp3) is 0.923. The Labute approximate surface area is 111 Å². The number of likely N-dealkylation sites (N-methyl/N-ethyl adjacent to an activating group) is 2. The number of hydrogen-bond acceptors (Lipinski definition) is 4. The molecule has 0 spiro atoms. The zero-order valence-electron chi connectivity index (χ0n) is 12.0. The average molecular weight is 256 g/mol. The third-order valence-electron chi connectivity index (χ3n) is 3.85. The van der Waals surface area contributed by atoms with E-state index in [9.17, 15) is 4.79 Å². The van der Waals surface area contributed by atoms with Crippen molar-refractivity contribution in [2.24, 2.45) is 5.73 Å². The van der Waals surface area contributed by atoms with E-state index in [4.69, 9.17) is 5.73 Å². The number of nitrogens with one attached hydrogen (secondary N) is 1. The van der Waals surface area contributed by atoms with Crippen LogP contribution in [0.15, 0.2) is 0 Å². The second-order valence-electron chi connectivity index (χ2n) is 5.48. The number of carbonyl (C=O) groups is 1. The highest BCUT2D eigenvalue weighted by Gasteiger charge is 2.30. The van der Waals surface area contributed by atoms with E-state index >= 15 is 0 Å². The molecule has 0 aromatic heterocycles. The van der Waals surface area contributed by atoms with Crippen molar-refractivity contribution in [2.75, 3.05) is 46.3 Å². The molecule has 1 aliphatic rings. The molecule has 0 bridgehead atoms. The summed E-state index contributed by atoms with van der Waals surface area (Å²) in [5, 5.41) is 3.21. The van der Waals surface area contributed by atoms with Crippen molar-refractivity contribution >= 4 is 5.91 Å². The predicted octanol–water partition coefficient (Wildman–Crippen LogP) is -0.132. The lowest BCUT2D eigenvalue weighted by Crippen LogP contribution is -2.54.